The van der Waals surface area contributed by atoms with Crippen molar-refractivity contribution in [3.05, 3.63) is 0 Å². The molecule has 0 aromatic carbocycles. The summed E-state index contributed by atoms with van der Waals surface area (Å²) in [7, 11) is 0. The van der Waals surface area contributed by atoms with Gasteiger partial charge >= 0.3 is 0 Å². The summed E-state index contributed by atoms with van der Waals surface area (Å²) >= 11 is 0. The normalized spacial score (nSPS) is 8.62. The van der Waals surface area contributed by atoms with Gasteiger partial charge in [-0.05, 0) is 6.92 Å². The molecule has 21 heavy (non-hydrogen) atoms. The molecular formula is C15H30N2O4. The van der Waals surface area contributed by atoms with Crippen LogP contribution in [0, 0.1) is 0 Å². The molecule has 0 saturated heterocycles. The van der Waals surface area contributed by atoms with Crippen LogP contribution in [0.15, 0.2) is 0 Å². The number of rotatable bonds is 5. The van der Waals surface area contributed by atoms with E-state index in [0.29, 0.717) is 32.2 Å². The summed E-state index contributed by atoms with van der Waals surface area (Å²) in [4.78, 5) is 44.3. The molecule has 124 valence electrons. The molecule has 4 amide bonds. The number of carbonyl (C=O) groups excluding carboxylic acids is 4. The van der Waals surface area contributed by atoms with E-state index in [1.165, 1.54) is 4.90 Å². The van der Waals surface area contributed by atoms with E-state index in [1.54, 1.807) is 34.6 Å². The third-order valence-electron chi connectivity index (χ3n) is 2.44. The van der Waals surface area contributed by atoms with Crippen molar-refractivity contribution >= 4 is 23.6 Å². The highest BCUT2D eigenvalue weighted by Gasteiger charge is 2.14. The number of hydrogen-bond acceptors (Lipinski definition) is 4. The van der Waals surface area contributed by atoms with Gasteiger partial charge in [-0.1, -0.05) is 35.1 Å². The largest absolute Gasteiger partial charge is 0.296 e. The summed E-state index contributed by atoms with van der Waals surface area (Å²) in [5, 5.41) is 2.20. The first-order valence-electron chi connectivity index (χ1n) is 7.03. The Morgan fingerprint density at radius 2 is 1.05 bits per heavy atom. The van der Waals surface area contributed by atoms with Gasteiger partial charge in [-0.2, -0.15) is 0 Å². The van der Waals surface area contributed by atoms with Crippen molar-refractivity contribution in [2.75, 3.05) is 6.54 Å². The molecule has 1 N–H and O–H groups in total. The minimum Gasteiger partial charge on any atom is -0.296 e. The van der Waals surface area contributed by atoms with Gasteiger partial charge in [0.15, 0.2) is 0 Å². The molecule has 0 atom stereocenters. The van der Waals surface area contributed by atoms with E-state index in [0.717, 1.165) is 0 Å². The van der Waals surface area contributed by atoms with E-state index >= 15 is 0 Å². The molecule has 0 heterocycles. The number of hydrogen-bond donors (Lipinski definition) is 1. The molecule has 6 heteroatoms. The molecule has 0 bridgehead atoms. The Morgan fingerprint density at radius 1 is 0.714 bits per heavy atom. The average Bonchev–Trinajstić information content (AvgIpc) is 2.47. The first-order valence-corrected chi connectivity index (χ1v) is 7.03. The first kappa shape index (κ1) is 24.3. The zero-order chi connectivity index (χ0) is 16.1. The maximum absolute atomic E-state index is 11.0. The highest BCUT2D eigenvalue weighted by atomic mass is 16.2. The second kappa shape index (κ2) is 14.7. The Kier molecular flexibility index (Phi) is 17.0. The Labute approximate surface area is 128 Å². The van der Waals surface area contributed by atoms with Gasteiger partial charge in [0.2, 0.25) is 23.6 Å². The lowest BCUT2D eigenvalue weighted by Crippen LogP contribution is -2.35. The molecule has 0 aliphatic carbocycles. The third kappa shape index (κ3) is 11.8. The number of amides is 4. The van der Waals surface area contributed by atoms with Crippen LogP contribution in [0.1, 0.15) is 67.7 Å². The predicted octanol–water partition coefficient (Wildman–Crippen LogP) is 2.27. The minimum absolute atomic E-state index is 0. The lowest BCUT2D eigenvalue weighted by atomic mass is 10.3. The minimum atomic E-state index is -0.207. The number of nitrogens with one attached hydrogen (secondary N) is 1. The smallest absolute Gasteiger partial charge is 0.228 e. The molecule has 0 spiro atoms. The molecule has 0 aliphatic rings. The van der Waals surface area contributed by atoms with E-state index in [9.17, 15) is 19.2 Å². The molecule has 0 unspecified atom stereocenters. The molecule has 0 aromatic heterocycles. The summed E-state index contributed by atoms with van der Waals surface area (Å²) in [6, 6.07) is 0. The van der Waals surface area contributed by atoms with Crippen LogP contribution in [0.2, 0.25) is 0 Å². The van der Waals surface area contributed by atoms with Gasteiger partial charge < -0.3 is 0 Å². The van der Waals surface area contributed by atoms with Crippen molar-refractivity contribution < 1.29 is 19.2 Å². The number of imide groups is 2. The van der Waals surface area contributed by atoms with Gasteiger partial charge in [-0.3, -0.25) is 29.4 Å². The zero-order valence-electron chi connectivity index (χ0n) is 13.1. The van der Waals surface area contributed by atoms with Crippen LogP contribution < -0.4 is 5.32 Å². The lowest BCUT2D eigenvalue weighted by molar-refractivity contribution is -0.144. The maximum atomic E-state index is 11.0. The van der Waals surface area contributed by atoms with Crippen LogP contribution >= 0.6 is 0 Å². The third-order valence-corrected chi connectivity index (χ3v) is 2.44. The first-order chi connectivity index (χ1) is 9.37. The Hall–Kier alpha value is -1.72. The molecule has 0 radical (unpaired) electrons. The van der Waals surface area contributed by atoms with E-state index in [4.69, 9.17) is 0 Å². The van der Waals surface area contributed by atoms with Crippen molar-refractivity contribution in [1.29, 1.82) is 0 Å². The van der Waals surface area contributed by atoms with Crippen LogP contribution in [0.5, 0.6) is 0 Å². The fourth-order valence-electron chi connectivity index (χ4n) is 1.21. The topological polar surface area (TPSA) is 83.6 Å². The SMILES string of the molecule is C.CCC(=O)N(CC)C(=O)CC.CCC(=O)NC(=O)CC. The van der Waals surface area contributed by atoms with Crippen molar-refractivity contribution in [3.63, 3.8) is 0 Å². The van der Waals surface area contributed by atoms with Crippen molar-refractivity contribution in [1.82, 2.24) is 10.2 Å². The molecule has 6 nitrogen and oxygen atoms in total. The Morgan fingerprint density at radius 3 is 1.24 bits per heavy atom. The van der Waals surface area contributed by atoms with E-state index < -0.39 is 0 Å². The number of carbonyl (C=O) groups is 4. The molecule has 0 rings (SSSR count). The molecular weight excluding hydrogens is 272 g/mol. The van der Waals surface area contributed by atoms with Crippen molar-refractivity contribution in [2.45, 2.75) is 67.7 Å². The molecule has 0 saturated carbocycles. The second-order valence-electron chi connectivity index (χ2n) is 3.92. The summed E-state index contributed by atoms with van der Waals surface area (Å²) in [6.07, 6.45) is 1.54. The summed E-state index contributed by atoms with van der Waals surface area (Å²) in [6.45, 7) is 9.22. The van der Waals surface area contributed by atoms with Gasteiger partial charge in [0.1, 0.15) is 0 Å². The van der Waals surface area contributed by atoms with Gasteiger partial charge in [0.05, 0.1) is 0 Å². The summed E-state index contributed by atoms with van der Waals surface area (Å²) in [5.41, 5.74) is 0. The van der Waals surface area contributed by atoms with E-state index in [-0.39, 0.29) is 31.1 Å². The molecule has 0 aliphatic heterocycles. The quantitative estimate of drug-likeness (QED) is 0.844. The fraction of sp³-hybridized carbons (Fsp3) is 0.733. The standard InChI is InChI=1S/C8H15NO2.C6H11NO2.CH4/c1-4-7(10)9(6-3)8(11)5-2;1-3-5(8)7-6(9)4-2;/h4-6H2,1-3H3;3-4H2,1-2H3,(H,7,8,9);1H4. The molecule has 0 fully saturated rings. The monoisotopic (exact) mass is 302 g/mol. The van der Waals surface area contributed by atoms with Crippen LogP contribution in [0.25, 0.3) is 0 Å². The van der Waals surface area contributed by atoms with Gasteiger partial charge in [0.25, 0.3) is 0 Å². The van der Waals surface area contributed by atoms with Crippen LogP contribution in [-0.4, -0.2) is 35.1 Å². The van der Waals surface area contributed by atoms with E-state index in [2.05, 4.69) is 5.32 Å². The summed E-state index contributed by atoms with van der Waals surface area (Å²) in [5.74, 6) is -0.581. The van der Waals surface area contributed by atoms with Crippen LogP contribution in [-0.2, 0) is 19.2 Å². The maximum Gasteiger partial charge on any atom is 0.228 e. The molecule has 0 aromatic rings. The lowest BCUT2D eigenvalue weighted by Gasteiger charge is -2.16. The Bertz CT molecular complexity index is 311. The number of nitrogens with zero attached hydrogens (tertiary/aromatic N) is 1. The van der Waals surface area contributed by atoms with Crippen LogP contribution in [0.4, 0.5) is 0 Å². The van der Waals surface area contributed by atoms with Gasteiger partial charge in [-0.15, -0.1) is 0 Å². The predicted molar refractivity (Wildman–Crippen MR) is 83.4 cm³/mol. The zero-order valence-corrected chi connectivity index (χ0v) is 13.1. The second-order valence-corrected chi connectivity index (χ2v) is 3.92. The van der Waals surface area contributed by atoms with E-state index in [1.807, 2.05) is 0 Å². The van der Waals surface area contributed by atoms with Crippen molar-refractivity contribution in [3.8, 4) is 0 Å². The van der Waals surface area contributed by atoms with Gasteiger partial charge in [-0.25, -0.2) is 0 Å². The van der Waals surface area contributed by atoms with Crippen LogP contribution in [0.3, 0.4) is 0 Å². The summed E-state index contributed by atoms with van der Waals surface area (Å²) < 4.78 is 0. The van der Waals surface area contributed by atoms with Gasteiger partial charge in [0, 0.05) is 32.2 Å². The average molecular weight is 302 g/mol. The Balaban J connectivity index is -0.000000300. The van der Waals surface area contributed by atoms with Crippen molar-refractivity contribution in [2.24, 2.45) is 0 Å². The highest BCUT2D eigenvalue weighted by Crippen LogP contribution is 1.96. The fourth-order valence-corrected chi connectivity index (χ4v) is 1.21. The highest BCUT2D eigenvalue weighted by molar-refractivity contribution is 5.95.